The zero-order chi connectivity index (χ0) is 14.1. The summed E-state index contributed by atoms with van der Waals surface area (Å²) in [5, 5.41) is 8.29. The molecule has 20 heavy (non-hydrogen) atoms. The molecular formula is C16H18N4. The lowest BCUT2D eigenvalue weighted by Gasteiger charge is -2.19. The topological polar surface area (TPSA) is 57.9 Å². The van der Waals surface area contributed by atoms with Crippen LogP contribution in [0.3, 0.4) is 0 Å². The van der Waals surface area contributed by atoms with Crippen LogP contribution in [-0.2, 0) is 6.54 Å². The largest absolute Gasteiger partial charge is 0.377 e. The van der Waals surface area contributed by atoms with E-state index in [0.717, 1.165) is 16.5 Å². The Bertz CT molecular complexity index is 726. The summed E-state index contributed by atoms with van der Waals surface area (Å²) in [7, 11) is 4.11. The van der Waals surface area contributed by atoms with Crippen molar-refractivity contribution in [1.29, 1.82) is 0 Å². The molecule has 102 valence electrons. The number of H-pyrrole nitrogens is 1. The molecule has 4 nitrogen and oxygen atoms in total. The molecule has 2 aromatic carbocycles. The second-order valence-electron chi connectivity index (χ2n) is 5.09. The van der Waals surface area contributed by atoms with Gasteiger partial charge in [0, 0.05) is 31.6 Å². The Labute approximate surface area is 118 Å². The number of aromatic amines is 1. The Kier molecular flexibility index (Phi) is 3.16. The average Bonchev–Trinajstić information content (AvgIpc) is 2.94. The molecular weight excluding hydrogens is 248 g/mol. The van der Waals surface area contributed by atoms with Crippen LogP contribution in [0, 0.1) is 0 Å². The minimum absolute atomic E-state index is 0.571. The Morgan fingerprint density at radius 1 is 1.10 bits per heavy atom. The lowest BCUT2D eigenvalue weighted by Crippen LogP contribution is -2.10. The lowest BCUT2D eigenvalue weighted by atomic mass is 9.99. The fourth-order valence-corrected chi connectivity index (χ4v) is 2.54. The number of nitrogens with two attached hydrogens (primary N) is 1. The number of aromatic nitrogens is 2. The molecule has 0 radical (unpaired) electrons. The van der Waals surface area contributed by atoms with Gasteiger partial charge in [-0.25, -0.2) is 0 Å². The van der Waals surface area contributed by atoms with Gasteiger partial charge in [-0.15, -0.1) is 0 Å². The quantitative estimate of drug-likeness (QED) is 0.766. The third-order valence-electron chi connectivity index (χ3n) is 3.54. The van der Waals surface area contributed by atoms with Crippen LogP contribution in [0.2, 0.25) is 0 Å². The van der Waals surface area contributed by atoms with Crippen LogP contribution in [0.25, 0.3) is 22.0 Å². The maximum absolute atomic E-state index is 5.66. The second-order valence-corrected chi connectivity index (χ2v) is 5.09. The van der Waals surface area contributed by atoms with E-state index in [1.165, 1.54) is 16.8 Å². The zero-order valence-corrected chi connectivity index (χ0v) is 11.7. The van der Waals surface area contributed by atoms with E-state index < -0.39 is 0 Å². The summed E-state index contributed by atoms with van der Waals surface area (Å²) in [4.78, 5) is 2.13. The van der Waals surface area contributed by atoms with Crippen LogP contribution < -0.4 is 10.6 Å². The van der Waals surface area contributed by atoms with Gasteiger partial charge in [-0.1, -0.05) is 30.3 Å². The van der Waals surface area contributed by atoms with Crippen molar-refractivity contribution in [2.75, 3.05) is 19.0 Å². The molecule has 0 aliphatic heterocycles. The predicted octanol–water partition coefficient (Wildman–Crippen LogP) is 2.75. The standard InChI is InChI=1S/C16H18N4/c1-20(2)16-13(7-8-15-14(16)10-18-19-15)12-5-3-11(9-17)4-6-12/h3-8,10H,9,17H2,1-2H3,(H,18,19). The molecule has 0 amide bonds. The first kappa shape index (κ1) is 12.7. The van der Waals surface area contributed by atoms with Gasteiger partial charge in [-0.2, -0.15) is 5.10 Å². The van der Waals surface area contributed by atoms with Gasteiger partial charge in [0.15, 0.2) is 0 Å². The minimum atomic E-state index is 0.571. The van der Waals surface area contributed by atoms with E-state index in [1.807, 2.05) is 6.20 Å². The number of nitrogens with one attached hydrogen (secondary N) is 1. The van der Waals surface area contributed by atoms with Gasteiger partial charge in [0.05, 0.1) is 17.4 Å². The van der Waals surface area contributed by atoms with Crippen LogP contribution in [0.15, 0.2) is 42.6 Å². The number of rotatable bonds is 3. The van der Waals surface area contributed by atoms with Crippen LogP contribution in [0.4, 0.5) is 5.69 Å². The molecule has 0 unspecified atom stereocenters. The summed E-state index contributed by atoms with van der Waals surface area (Å²) in [5.74, 6) is 0. The molecule has 3 rings (SSSR count). The minimum Gasteiger partial charge on any atom is -0.377 e. The van der Waals surface area contributed by atoms with Crippen LogP contribution in [0.1, 0.15) is 5.56 Å². The van der Waals surface area contributed by atoms with Crippen molar-refractivity contribution in [2.24, 2.45) is 5.73 Å². The van der Waals surface area contributed by atoms with Gasteiger partial charge in [-0.05, 0) is 17.2 Å². The molecule has 3 aromatic rings. The third kappa shape index (κ3) is 2.04. The molecule has 4 heteroatoms. The van der Waals surface area contributed by atoms with Gasteiger partial charge in [0.2, 0.25) is 0 Å². The normalized spacial score (nSPS) is 10.9. The smallest absolute Gasteiger partial charge is 0.0671 e. The Balaban J connectivity index is 2.21. The highest BCUT2D eigenvalue weighted by atomic mass is 15.1. The van der Waals surface area contributed by atoms with E-state index in [-0.39, 0.29) is 0 Å². The maximum Gasteiger partial charge on any atom is 0.0671 e. The highest BCUT2D eigenvalue weighted by Crippen LogP contribution is 2.35. The van der Waals surface area contributed by atoms with Crippen LogP contribution in [-0.4, -0.2) is 24.3 Å². The number of hydrogen-bond donors (Lipinski definition) is 2. The van der Waals surface area contributed by atoms with E-state index >= 15 is 0 Å². The van der Waals surface area contributed by atoms with Crippen molar-refractivity contribution in [3.8, 4) is 11.1 Å². The first-order valence-corrected chi connectivity index (χ1v) is 6.63. The highest BCUT2D eigenvalue weighted by Gasteiger charge is 2.12. The van der Waals surface area contributed by atoms with E-state index in [2.05, 4.69) is 65.6 Å². The Morgan fingerprint density at radius 2 is 1.85 bits per heavy atom. The Morgan fingerprint density at radius 3 is 2.50 bits per heavy atom. The molecule has 0 aliphatic carbocycles. The van der Waals surface area contributed by atoms with E-state index in [1.54, 1.807) is 0 Å². The summed E-state index contributed by atoms with van der Waals surface area (Å²) >= 11 is 0. The molecule has 3 N–H and O–H groups in total. The van der Waals surface area contributed by atoms with Crippen molar-refractivity contribution in [3.05, 3.63) is 48.2 Å². The number of nitrogens with zero attached hydrogens (tertiary/aromatic N) is 2. The molecule has 0 atom stereocenters. The van der Waals surface area contributed by atoms with Gasteiger partial charge >= 0.3 is 0 Å². The SMILES string of the molecule is CN(C)c1c(-c2ccc(CN)cc2)ccc2[nH]ncc12. The molecule has 1 aromatic heterocycles. The third-order valence-corrected chi connectivity index (χ3v) is 3.54. The fraction of sp³-hybridized carbons (Fsp3) is 0.188. The molecule has 0 aliphatic rings. The van der Waals surface area contributed by atoms with Crippen molar-refractivity contribution in [1.82, 2.24) is 10.2 Å². The number of anilines is 1. The second kappa shape index (κ2) is 4.98. The van der Waals surface area contributed by atoms with Crippen molar-refractivity contribution in [3.63, 3.8) is 0 Å². The molecule has 0 saturated heterocycles. The summed E-state index contributed by atoms with van der Waals surface area (Å²) in [5.41, 5.74) is 11.4. The summed E-state index contributed by atoms with van der Waals surface area (Å²) < 4.78 is 0. The molecule has 0 bridgehead atoms. The zero-order valence-electron chi connectivity index (χ0n) is 11.7. The molecule has 0 fully saturated rings. The van der Waals surface area contributed by atoms with E-state index in [0.29, 0.717) is 6.54 Å². The lowest BCUT2D eigenvalue weighted by molar-refractivity contribution is 1.07. The fourth-order valence-electron chi connectivity index (χ4n) is 2.54. The highest BCUT2D eigenvalue weighted by molar-refractivity contribution is 6.00. The molecule has 1 heterocycles. The summed E-state index contributed by atoms with van der Waals surface area (Å²) in [6, 6.07) is 12.6. The molecule has 0 spiro atoms. The first-order valence-electron chi connectivity index (χ1n) is 6.63. The van der Waals surface area contributed by atoms with Gasteiger partial charge in [0.25, 0.3) is 0 Å². The van der Waals surface area contributed by atoms with Gasteiger partial charge in [0.1, 0.15) is 0 Å². The van der Waals surface area contributed by atoms with Crippen molar-refractivity contribution < 1.29 is 0 Å². The summed E-state index contributed by atoms with van der Waals surface area (Å²) in [6.45, 7) is 0.571. The predicted molar refractivity (Wildman–Crippen MR) is 83.7 cm³/mol. The average molecular weight is 266 g/mol. The summed E-state index contributed by atoms with van der Waals surface area (Å²) in [6.07, 6.45) is 1.88. The van der Waals surface area contributed by atoms with Gasteiger partial charge < -0.3 is 10.6 Å². The Hall–Kier alpha value is -2.33. The van der Waals surface area contributed by atoms with E-state index in [4.69, 9.17) is 5.73 Å². The number of hydrogen-bond acceptors (Lipinski definition) is 3. The first-order chi connectivity index (χ1) is 9.70. The van der Waals surface area contributed by atoms with E-state index in [9.17, 15) is 0 Å². The monoisotopic (exact) mass is 266 g/mol. The van der Waals surface area contributed by atoms with Crippen molar-refractivity contribution >= 4 is 16.6 Å². The van der Waals surface area contributed by atoms with Gasteiger partial charge in [-0.3, -0.25) is 5.10 Å². The number of fused-ring (bicyclic) bond motifs is 1. The van der Waals surface area contributed by atoms with Crippen LogP contribution >= 0.6 is 0 Å². The van der Waals surface area contributed by atoms with Crippen LogP contribution in [0.5, 0.6) is 0 Å². The maximum atomic E-state index is 5.66. The van der Waals surface area contributed by atoms with Crippen molar-refractivity contribution in [2.45, 2.75) is 6.54 Å². The number of benzene rings is 2. The molecule has 0 saturated carbocycles.